The average Bonchev–Trinajstić information content (AvgIpc) is 4.28. The van der Waals surface area contributed by atoms with Gasteiger partial charge in [0.05, 0.1) is 22.1 Å². The highest BCUT2D eigenvalue weighted by molar-refractivity contribution is 7.27. The SMILES string of the molecule is c1ccc(-n2c3ccccc3c3cc(-c4cc5c6cc(-c7ccc8c(c7)c7ccccc7n8-c7ccccc7)c7c(ccc8oc9ccccc9c87)c6sc5c5ccc6oc7ccccc7c6c45)ccc32)cc1. The van der Waals surface area contributed by atoms with Crippen LogP contribution in [0, 0.1) is 0 Å². The van der Waals surface area contributed by atoms with Gasteiger partial charge in [0.1, 0.15) is 22.3 Å². The lowest BCUT2D eigenvalue weighted by molar-refractivity contribution is 0.669. The van der Waals surface area contributed by atoms with Gasteiger partial charge < -0.3 is 18.0 Å². The number of furan rings is 2. The van der Waals surface area contributed by atoms with Crippen LogP contribution in [0.2, 0.25) is 0 Å². The minimum absolute atomic E-state index is 0.892. The van der Waals surface area contributed by atoms with E-state index in [1.54, 1.807) is 0 Å². The highest BCUT2D eigenvalue weighted by Gasteiger charge is 2.25. The topological polar surface area (TPSA) is 36.1 Å². The third kappa shape index (κ3) is 5.38. The van der Waals surface area contributed by atoms with Gasteiger partial charge in [-0.05, 0) is 131 Å². The molecule has 0 unspecified atom stereocenters. The highest BCUT2D eigenvalue weighted by atomic mass is 32.1. The van der Waals surface area contributed by atoms with E-state index in [9.17, 15) is 0 Å². The molecule has 5 heteroatoms. The maximum atomic E-state index is 6.67. The first kappa shape index (κ1) is 39.3. The molecule has 73 heavy (non-hydrogen) atoms. The molecule has 0 bridgehead atoms. The fraction of sp³-hybridized carbons (Fsp3) is 0. The maximum Gasteiger partial charge on any atom is 0.136 e. The smallest absolute Gasteiger partial charge is 0.136 e. The summed E-state index contributed by atoms with van der Waals surface area (Å²) in [6.45, 7) is 0. The normalized spacial score (nSPS) is 12.4. The van der Waals surface area contributed by atoms with Gasteiger partial charge in [0.15, 0.2) is 0 Å². The standard InChI is InChI=1S/C68H38N2O2S/c1-3-15-41(16-4-1)69-55-23-11-7-19-43(55)51-35-39(27-31-57(51)69)49-37-53-54-38-50(40-28-32-58-52(36-40)44-20-8-12-24-56(44)70(58)42-17-5-2-6-18-42)64-48(30-34-62-66(64)46-22-10-14-26-60(46)72-62)68(54)73-67(53)47-29-33-61-65(63(47)49)45-21-9-13-25-59(45)71-61/h1-38H. The van der Waals surface area contributed by atoms with E-state index in [4.69, 9.17) is 8.83 Å². The van der Waals surface area contributed by atoms with Crippen molar-refractivity contribution in [3.05, 3.63) is 231 Å². The molecule has 0 aliphatic heterocycles. The van der Waals surface area contributed by atoms with Crippen LogP contribution in [0.15, 0.2) is 239 Å². The van der Waals surface area contributed by atoms with Gasteiger partial charge >= 0.3 is 0 Å². The van der Waals surface area contributed by atoms with Gasteiger partial charge in [0.25, 0.3) is 0 Å². The molecule has 0 radical (unpaired) electrons. The molecule has 0 atom stereocenters. The van der Waals surface area contributed by atoms with Crippen molar-refractivity contribution in [2.45, 2.75) is 0 Å². The van der Waals surface area contributed by atoms with E-state index in [2.05, 4.69) is 240 Å². The van der Waals surface area contributed by atoms with Crippen molar-refractivity contribution in [2.75, 3.05) is 0 Å². The summed E-state index contributed by atoms with van der Waals surface area (Å²) in [6.07, 6.45) is 0. The van der Waals surface area contributed by atoms with E-state index in [1.807, 2.05) is 11.3 Å². The molecule has 0 saturated heterocycles. The summed E-state index contributed by atoms with van der Waals surface area (Å²) in [5.74, 6) is 0. The fourth-order valence-electron chi connectivity index (χ4n) is 12.6. The highest BCUT2D eigenvalue weighted by Crippen LogP contribution is 2.52. The summed E-state index contributed by atoms with van der Waals surface area (Å²) in [4.78, 5) is 0. The maximum absolute atomic E-state index is 6.67. The van der Waals surface area contributed by atoms with E-state index in [0.29, 0.717) is 0 Å². The van der Waals surface area contributed by atoms with Crippen LogP contribution in [0.5, 0.6) is 0 Å². The second kappa shape index (κ2) is 14.6. The van der Waals surface area contributed by atoms with Gasteiger partial charge in [0, 0.05) is 96.2 Å². The molecule has 12 aromatic carbocycles. The van der Waals surface area contributed by atoms with Crippen molar-refractivity contribution in [3.8, 4) is 33.6 Å². The summed E-state index contributed by atoms with van der Waals surface area (Å²) in [5.41, 5.74) is 15.3. The summed E-state index contributed by atoms with van der Waals surface area (Å²) in [5, 5.41) is 16.8. The zero-order chi connectivity index (χ0) is 47.5. The lowest BCUT2D eigenvalue weighted by Gasteiger charge is -2.13. The average molecular weight is 947 g/mol. The molecule has 338 valence electrons. The molecule has 5 aromatic heterocycles. The molecule has 4 nitrogen and oxygen atoms in total. The van der Waals surface area contributed by atoms with Crippen LogP contribution < -0.4 is 0 Å². The van der Waals surface area contributed by atoms with Crippen LogP contribution >= 0.6 is 11.3 Å². The van der Waals surface area contributed by atoms with E-state index in [-0.39, 0.29) is 0 Å². The number of para-hydroxylation sites is 6. The van der Waals surface area contributed by atoms with Crippen LogP contribution in [-0.2, 0) is 0 Å². The first-order chi connectivity index (χ1) is 36.2. The van der Waals surface area contributed by atoms with Crippen molar-refractivity contribution in [1.29, 1.82) is 0 Å². The summed E-state index contributed by atoms with van der Waals surface area (Å²) >= 11 is 1.90. The number of nitrogens with zero attached hydrogens (tertiary/aromatic N) is 2. The van der Waals surface area contributed by atoms with Crippen molar-refractivity contribution >= 4 is 141 Å². The van der Waals surface area contributed by atoms with Crippen LogP contribution in [0.3, 0.4) is 0 Å². The third-order valence-electron chi connectivity index (χ3n) is 15.7. The molecule has 17 aromatic rings. The minimum atomic E-state index is 0.892. The summed E-state index contributed by atoms with van der Waals surface area (Å²) in [7, 11) is 0. The van der Waals surface area contributed by atoms with E-state index in [0.717, 1.165) is 55.3 Å². The van der Waals surface area contributed by atoms with E-state index >= 15 is 0 Å². The molecule has 0 fully saturated rings. The van der Waals surface area contributed by atoms with E-state index < -0.39 is 0 Å². The van der Waals surface area contributed by atoms with Gasteiger partial charge in [-0.2, -0.15) is 0 Å². The van der Waals surface area contributed by atoms with Crippen molar-refractivity contribution < 1.29 is 8.83 Å². The number of aromatic nitrogens is 2. The monoisotopic (exact) mass is 946 g/mol. The molecular formula is C68H38N2O2S. The number of rotatable bonds is 4. The zero-order valence-corrected chi connectivity index (χ0v) is 39.9. The Hall–Kier alpha value is -9.42. The third-order valence-corrected chi connectivity index (χ3v) is 17.0. The second-order valence-corrected chi connectivity index (χ2v) is 20.5. The van der Waals surface area contributed by atoms with Crippen LogP contribution in [0.1, 0.15) is 0 Å². The van der Waals surface area contributed by atoms with Gasteiger partial charge in [-0.25, -0.2) is 0 Å². The summed E-state index contributed by atoms with van der Waals surface area (Å²) in [6, 6.07) is 84.2. The van der Waals surface area contributed by atoms with Gasteiger partial charge in [-0.3, -0.25) is 0 Å². The van der Waals surface area contributed by atoms with E-state index in [1.165, 1.54) is 108 Å². The Labute approximate surface area is 420 Å². The Bertz CT molecular complexity index is 4880. The number of benzene rings is 12. The molecular weight excluding hydrogens is 909 g/mol. The van der Waals surface area contributed by atoms with Gasteiger partial charge in [-0.15, -0.1) is 11.3 Å². The van der Waals surface area contributed by atoms with Crippen LogP contribution in [0.4, 0.5) is 0 Å². The second-order valence-electron chi connectivity index (χ2n) is 19.5. The van der Waals surface area contributed by atoms with Crippen LogP contribution in [0.25, 0.3) is 163 Å². The molecule has 0 spiro atoms. The Balaban J connectivity index is 1.01. The number of hydrogen-bond donors (Lipinski definition) is 0. The Kier molecular flexibility index (Phi) is 7.85. The molecule has 0 saturated carbocycles. The molecule has 0 aliphatic rings. The number of hydrogen-bond acceptors (Lipinski definition) is 3. The van der Waals surface area contributed by atoms with Crippen molar-refractivity contribution in [2.24, 2.45) is 0 Å². The fourth-order valence-corrected chi connectivity index (χ4v) is 13.9. The molecule has 0 aliphatic carbocycles. The first-order valence-electron chi connectivity index (χ1n) is 24.9. The first-order valence-corrected chi connectivity index (χ1v) is 25.7. The molecule has 17 rings (SSSR count). The summed E-state index contributed by atoms with van der Waals surface area (Å²) < 4.78 is 20.7. The minimum Gasteiger partial charge on any atom is -0.456 e. The van der Waals surface area contributed by atoms with Gasteiger partial charge in [-0.1, -0.05) is 121 Å². The van der Waals surface area contributed by atoms with Crippen molar-refractivity contribution in [1.82, 2.24) is 9.13 Å². The number of thiophene rings is 1. The predicted molar refractivity (Wildman–Crippen MR) is 308 cm³/mol. The Morgan fingerprint density at radius 3 is 1.12 bits per heavy atom. The largest absolute Gasteiger partial charge is 0.456 e. The number of fused-ring (bicyclic) bond motifs is 21. The Morgan fingerprint density at radius 2 is 0.658 bits per heavy atom. The molecule has 0 N–H and O–H groups in total. The lowest BCUT2D eigenvalue weighted by Crippen LogP contribution is -1.93. The van der Waals surface area contributed by atoms with Crippen molar-refractivity contribution in [3.63, 3.8) is 0 Å². The molecule has 0 amide bonds. The zero-order valence-electron chi connectivity index (χ0n) is 39.1. The lowest BCUT2D eigenvalue weighted by atomic mass is 9.89. The van der Waals surface area contributed by atoms with Crippen LogP contribution in [-0.4, -0.2) is 9.13 Å². The predicted octanol–water partition coefficient (Wildman–Crippen LogP) is 19.7. The molecule has 5 heterocycles. The quantitative estimate of drug-likeness (QED) is 0.176. The van der Waals surface area contributed by atoms with Gasteiger partial charge in [0.2, 0.25) is 0 Å². The Morgan fingerprint density at radius 1 is 0.260 bits per heavy atom.